The maximum Gasteiger partial charge on any atom is 0.216 e. The van der Waals surface area contributed by atoms with Crippen molar-refractivity contribution in [2.45, 2.75) is 26.1 Å². The molecule has 136 valence electrons. The molecule has 1 fully saturated rings. The zero-order valence-corrected chi connectivity index (χ0v) is 15.9. The standard InChI is InChI=1S/C16H22ClN5O2S/c1-3-20(2)16-11-22(25(23,24)12-16)10-15-9-21(19-18-15)8-13-4-6-14(17)7-5-13/h4-7,9,16H,3,8,10-12H2,1-2H3. The number of rotatable bonds is 6. The normalized spacial score (nSPS) is 20.4. The molecule has 1 unspecified atom stereocenters. The molecule has 9 heteroatoms. The summed E-state index contributed by atoms with van der Waals surface area (Å²) in [7, 11) is -1.29. The van der Waals surface area contributed by atoms with Gasteiger partial charge in [-0.25, -0.2) is 13.1 Å². The minimum Gasteiger partial charge on any atom is -0.301 e. The summed E-state index contributed by atoms with van der Waals surface area (Å²) in [5, 5.41) is 8.90. The molecule has 0 N–H and O–H groups in total. The lowest BCUT2D eigenvalue weighted by atomic mass is 10.2. The van der Waals surface area contributed by atoms with Crippen LogP contribution in [0.4, 0.5) is 0 Å². The van der Waals surface area contributed by atoms with Crippen molar-refractivity contribution in [3.05, 3.63) is 46.7 Å². The van der Waals surface area contributed by atoms with Crippen molar-refractivity contribution in [1.82, 2.24) is 24.2 Å². The van der Waals surface area contributed by atoms with Crippen molar-refractivity contribution in [2.75, 3.05) is 25.9 Å². The largest absolute Gasteiger partial charge is 0.301 e. The molecule has 3 rings (SSSR count). The molecular weight excluding hydrogens is 362 g/mol. The van der Waals surface area contributed by atoms with Crippen LogP contribution in [0.15, 0.2) is 30.5 Å². The first kappa shape index (κ1) is 18.3. The molecule has 0 saturated carbocycles. The van der Waals surface area contributed by atoms with E-state index in [9.17, 15) is 8.42 Å². The van der Waals surface area contributed by atoms with Crippen LogP contribution in [-0.4, -0.2) is 64.5 Å². The first-order chi connectivity index (χ1) is 11.9. The predicted octanol–water partition coefficient (Wildman–Crippen LogP) is 1.45. The molecule has 1 atom stereocenters. The molecule has 1 aromatic heterocycles. The van der Waals surface area contributed by atoms with Crippen molar-refractivity contribution in [3.63, 3.8) is 0 Å². The quantitative estimate of drug-likeness (QED) is 0.754. The van der Waals surface area contributed by atoms with Crippen molar-refractivity contribution in [2.24, 2.45) is 0 Å². The summed E-state index contributed by atoms with van der Waals surface area (Å²) in [6.45, 7) is 4.18. The Balaban J connectivity index is 1.66. The van der Waals surface area contributed by atoms with Crippen LogP contribution >= 0.6 is 11.6 Å². The van der Waals surface area contributed by atoms with Gasteiger partial charge in [-0.2, -0.15) is 4.31 Å². The molecule has 0 aliphatic carbocycles. The van der Waals surface area contributed by atoms with E-state index in [4.69, 9.17) is 11.6 Å². The summed E-state index contributed by atoms with van der Waals surface area (Å²) in [5.74, 6) is 0.163. The van der Waals surface area contributed by atoms with Crippen LogP contribution in [0.1, 0.15) is 18.2 Å². The average Bonchev–Trinajstić information content (AvgIpc) is 3.13. The van der Waals surface area contributed by atoms with Gasteiger partial charge in [-0.15, -0.1) is 5.10 Å². The number of aromatic nitrogens is 3. The van der Waals surface area contributed by atoms with Gasteiger partial charge in [0.1, 0.15) is 0 Å². The molecule has 25 heavy (non-hydrogen) atoms. The monoisotopic (exact) mass is 383 g/mol. The lowest BCUT2D eigenvalue weighted by Gasteiger charge is -2.20. The zero-order chi connectivity index (χ0) is 18.0. The lowest BCUT2D eigenvalue weighted by molar-refractivity contribution is 0.251. The van der Waals surface area contributed by atoms with E-state index in [2.05, 4.69) is 15.2 Å². The SMILES string of the molecule is CCN(C)C1CN(Cc2cn(Cc3ccc(Cl)cc3)nn2)S(=O)(=O)C1. The number of hydrogen-bond acceptors (Lipinski definition) is 5. The van der Waals surface area contributed by atoms with Crippen molar-refractivity contribution >= 4 is 21.6 Å². The fourth-order valence-corrected chi connectivity index (χ4v) is 4.79. The number of likely N-dealkylation sites (N-methyl/N-ethyl adjacent to an activating group) is 1. The van der Waals surface area contributed by atoms with Crippen LogP contribution in [0.3, 0.4) is 0 Å². The maximum atomic E-state index is 12.4. The van der Waals surface area contributed by atoms with E-state index in [0.29, 0.717) is 23.8 Å². The van der Waals surface area contributed by atoms with Gasteiger partial charge in [0.15, 0.2) is 0 Å². The van der Waals surface area contributed by atoms with E-state index in [1.807, 2.05) is 38.2 Å². The van der Waals surface area contributed by atoms with Gasteiger partial charge in [0.25, 0.3) is 0 Å². The summed E-state index contributed by atoms with van der Waals surface area (Å²) in [6.07, 6.45) is 1.79. The third kappa shape index (κ3) is 4.38. The van der Waals surface area contributed by atoms with E-state index in [1.165, 1.54) is 4.31 Å². The number of nitrogens with zero attached hydrogens (tertiary/aromatic N) is 5. The maximum absolute atomic E-state index is 12.4. The molecule has 7 nitrogen and oxygen atoms in total. The molecule has 1 aliphatic rings. The number of halogens is 1. The van der Waals surface area contributed by atoms with E-state index in [1.54, 1.807) is 10.9 Å². The summed E-state index contributed by atoms with van der Waals surface area (Å²) in [5.41, 5.74) is 1.71. The summed E-state index contributed by atoms with van der Waals surface area (Å²) in [4.78, 5) is 2.06. The van der Waals surface area contributed by atoms with Crippen molar-refractivity contribution in [1.29, 1.82) is 0 Å². The van der Waals surface area contributed by atoms with E-state index >= 15 is 0 Å². The Kier molecular flexibility index (Phi) is 5.43. The highest BCUT2D eigenvalue weighted by molar-refractivity contribution is 7.89. The van der Waals surface area contributed by atoms with Gasteiger partial charge >= 0.3 is 0 Å². The molecule has 2 aromatic rings. The zero-order valence-electron chi connectivity index (χ0n) is 14.3. The molecule has 1 saturated heterocycles. The van der Waals surface area contributed by atoms with E-state index < -0.39 is 10.0 Å². The Labute approximate surface area is 153 Å². The molecular formula is C16H22ClN5O2S. The molecule has 0 amide bonds. The highest BCUT2D eigenvalue weighted by Gasteiger charge is 2.37. The van der Waals surface area contributed by atoms with Crippen LogP contribution in [0.2, 0.25) is 5.02 Å². The Morgan fingerprint density at radius 2 is 2.00 bits per heavy atom. The molecule has 2 heterocycles. The Bertz CT molecular complexity index is 821. The van der Waals surface area contributed by atoms with Gasteiger partial charge in [-0.1, -0.05) is 35.9 Å². The fraction of sp³-hybridized carbons (Fsp3) is 0.500. The number of benzene rings is 1. The Morgan fingerprint density at radius 1 is 1.28 bits per heavy atom. The van der Waals surface area contributed by atoms with Gasteiger partial charge in [-0.05, 0) is 31.3 Å². The summed E-state index contributed by atoms with van der Waals surface area (Å²) >= 11 is 5.88. The predicted molar refractivity (Wildman–Crippen MR) is 96.9 cm³/mol. The van der Waals surface area contributed by atoms with Gasteiger partial charge < -0.3 is 4.90 Å². The van der Waals surface area contributed by atoms with Crippen molar-refractivity contribution < 1.29 is 8.42 Å². The van der Waals surface area contributed by atoms with E-state index in [0.717, 1.165) is 12.1 Å². The topological polar surface area (TPSA) is 71.3 Å². The van der Waals surface area contributed by atoms with E-state index in [-0.39, 0.29) is 18.3 Å². The third-order valence-electron chi connectivity index (χ3n) is 4.52. The van der Waals surface area contributed by atoms with Gasteiger partial charge in [0.05, 0.1) is 30.7 Å². The molecule has 0 radical (unpaired) electrons. The number of hydrogen-bond donors (Lipinski definition) is 0. The van der Waals surface area contributed by atoms with Crippen LogP contribution in [0.25, 0.3) is 0 Å². The van der Waals surface area contributed by atoms with Crippen LogP contribution in [0, 0.1) is 0 Å². The third-order valence-corrected chi connectivity index (χ3v) is 6.64. The average molecular weight is 384 g/mol. The minimum atomic E-state index is -3.24. The van der Waals surface area contributed by atoms with Gasteiger partial charge in [-0.3, -0.25) is 0 Å². The second-order valence-corrected chi connectivity index (χ2v) is 8.78. The first-order valence-corrected chi connectivity index (χ1v) is 10.2. The summed E-state index contributed by atoms with van der Waals surface area (Å²) in [6, 6.07) is 7.55. The molecule has 1 aliphatic heterocycles. The molecule has 0 spiro atoms. The molecule has 0 bridgehead atoms. The van der Waals surface area contributed by atoms with Crippen LogP contribution in [0.5, 0.6) is 0 Å². The second kappa shape index (κ2) is 7.41. The first-order valence-electron chi connectivity index (χ1n) is 8.19. The fourth-order valence-electron chi connectivity index (χ4n) is 2.88. The minimum absolute atomic E-state index is 0.0270. The molecule has 1 aromatic carbocycles. The Hall–Kier alpha value is -1.48. The van der Waals surface area contributed by atoms with Crippen LogP contribution < -0.4 is 0 Å². The second-order valence-electron chi connectivity index (χ2n) is 6.33. The number of sulfonamides is 1. The van der Waals surface area contributed by atoms with Crippen molar-refractivity contribution in [3.8, 4) is 0 Å². The highest BCUT2D eigenvalue weighted by atomic mass is 35.5. The smallest absolute Gasteiger partial charge is 0.216 e. The summed E-state index contributed by atoms with van der Waals surface area (Å²) < 4.78 is 27.9. The van der Waals surface area contributed by atoms with Crippen LogP contribution in [-0.2, 0) is 23.1 Å². The lowest BCUT2D eigenvalue weighted by Crippen LogP contribution is -2.35. The highest BCUT2D eigenvalue weighted by Crippen LogP contribution is 2.20. The Morgan fingerprint density at radius 3 is 2.68 bits per heavy atom. The van der Waals surface area contributed by atoms with Gasteiger partial charge in [0.2, 0.25) is 10.0 Å². The van der Waals surface area contributed by atoms with Gasteiger partial charge in [0, 0.05) is 17.6 Å².